The van der Waals surface area contributed by atoms with Gasteiger partial charge in [0.2, 0.25) is 0 Å². The van der Waals surface area contributed by atoms with Crippen molar-refractivity contribution >= 4 is 5.91 Å². The monoisotopic (exact) mass is 343 g/mol. The summed E-state index contributed by atoms with van der Waals surface area (Å²) in [6, 6.07) is 15.7. The Hall–Kier alpha value is -2.40. The van der Waals surface area contributed by atoms with Crippen molar-refractivity contribution in [2.75, 3.05) is 20.3 Å². The van der Waals surface area contributed by atoms with Gasteiger partial charge in [-0.3, -0.25) is 4.79 Å². The van der Waals surface area contributed by atoms with Crippen LogP contribution in [0.1, 0.15) is 24.5 Å². The number of carbonyl (C=O) groups excluding carboxylic acids is 1. The summed E-state index contributed by atoms with van der Waals surface area (Å²) in [7, 11) is 1.80. The van der Waals surface area contributed by atoms with Crippen LogP contribution in [0.25, 0.3) is 0 Å². The first-order chi connectivity index (χ1) is 12.1. The number of hydrogen-bond acceptors (Lipinski definition) is 3. The molecular weight excluding hydrogens is 321 g/mol. The molecular formula is C20H22FNO3. The molecule has 1 amide bonds. The summed E-state index contributed by atoms with van der Waals surface area (Å²) in [6.45, 7) is 0.586. The molecule has 0 bridgehead atoms. The molecule has 2 aromatic rings. The number of hydrogen-bond donors (Lipinski definition) is 0. The molecule has 0 aliphatic carbocycles. The number of amides is 1. The Labute approximate surface area is 147 Å². The lowest BCUT2D eigenvalue weighted by atomic mass is 9.96. The second kappa shape index (κ2) is 8.12. The molecule has 1 aliphatic heterocycles. The van der Waals surface area contributed by atoms with Crippen LogP contribution in [0.2, 0.25) is 0 Å². The van der Waals surface area contributed by atoms with Gasteiger partial charge in [-0.25, -0.2) is 4.39 Å². The fraction of sp³-hybridized carbons (Fsp3) is 0.350. The molecule has 0 radical (unpaired) electrons. The van der Waals surface area contributed by atoms with Gasteiger partial charge in [-0.2, -0.15) is 0 Å². The highest BCUT2D eigenvalue weighted by molar-refractivity contribution is 5.77. The molecule has 1 heterocycles. The van der Waals surface area contributed by atoms with E-state index < -0.39 is 0 Å². The zero-order valence-corrected chi connectivity index (χ0v) is 14.2. The van der Waals surface area contributed by atoms with E-state index in [-0.39, 0.29) is 30.5 Å². The Morgan fingerprint density at radius 1 is 1.20 bits per heavy atom. The summed E-state index contributed by atoms with van der Waals surface area (Å²) in [5.74, 6) is 0.357. The standard InChI is InChI=1S/C20H22FNO3/c1-22(20(23)14-25-18-5-3-2-4-6-18)17-11-12-24-19(13-17)15-7-9-16(21)10-8-15/h2-10,17,19H,11-14H2,1H3/t17-,19-/m1/s1. The molecule has 25 heavy (non-hydrogen) atoms. The number of nitrogens with zero attached hydrogens (tertiary/aromatic N) is 1. The normalized spacial score (nSPS) is 20.1. The molecule has 0 unspecified atom stereocenters. The van der Waals surface area contributed by atoms with Gasteiger partial charge in [0.1, 0.15) is 11.6 Å². The van der Waals surface area contributed by atoms with Crippen LogP contribution in [0, 0.1) is 5.82 Å². The van der Waals surface area contributed by atoms with Gasteiger partial charge in [0, 0.05) is 19.7 Å². The van der Waals surface area contributed by atoms with E-state index in [1.807, 2.05) is 30.3 Å². The molecule has 0 N–H and O–H groups in total. The molecule has 1 aliphatic rings. The quantitative estimate of drug-likeness (QED) is 0.833. The first kappa shape index (κ1) is 17.4. The second-order valence-corrected chi connectivity index (χ2v) is 6.20. The number of likely N-dealkylation sites (N-methyl/N-ethyl adjacent to an activating group) is 1. The van der Waals surface area contributed by atoms with Crippen molar-refractivity contribution in [2.45, 2.75) is 25.0 Å². The second-order valence-electron chi connectivity index (χ2n) is 6.20. The fourth-order valence-corrected chi connectivity index (χ4v) is 3.01. The van der Waals surface area contributed by atoms with Crippen molar-refractivity contribution in [3.63, 3.8) is 0 Å². The minimum atomic E-state index is -0.263. The zero-order valence-electron chi connectivity index (χ0n) is 14.2. The number of para-hydroxylation sites is 1. The van der Waals surface area contributed by atoms with Crippen molar-refractivity contribution in [3.8, 4) is 5.75 Å². The molecule has 0 aromatic heterocycles. The smallest absolute Gasteiger partial charge is 0.260 e. The van der Waals surface area contributed by atoms with E-state index in [2.05, 4.69) is 0 Å². The summed E-state index contributed by atoms with van der Waals surface area (Å²) in [5.41, 5.74) is 0.937. The summed E-state index contributed by atoms with van der Waals surface area (Å²) in [6.07, 6.45) is 1.36. The largest absolute Gasteiger partial charge is 0.484 e. The van der Waals surface area contributed by atoms with Crippen molar-refractivity contribution in [1.82, 2.24) is 4.90 Å². The molecule has 1 fully saturated rings. The Morgan fingerprint density at radius 2 is 1.92 bits per heavy atom. The van der Waals surface area contributed by atoms with Gasteiger partial charge in [-0.1, -0.05) is 30.3 Å². The molecule has 1 saturated heterocycles. The van der Waals surface area contributed by atoms with Crippen molar-refractivity contribution in [2.24, 2.45) is 0 Å². The first-order valence-electron chi connectivity index (χ1n) is 8.44. The molecule has 5 heteroatoms. The maximum absolute atomic E-state index is 13.1. The molecule has 132 valence electrons. The van der Waals surface area contributed by atoms with E-state index in [0.717, 1.165) is 12.0 Å². The van der Waals surface area contributed by atoms with Crippen molar-refractivity contribution in [3.05, 3.63) is 66.0 Å². The van der Waals surface area contributed by atoms with Crippen molar-refractivity contribution in [1.29, 1.82) is 0 Å². The third-order valence-electron chi connectivity index (χ3n) is 4.54. The van der Waals surface area contributed by atoms with Crippen LogP contribution in [0.4, 0.5) is 4.39 Å². The summed E-state index contributed by atoms with van der Waals surface area (Å²) >= 11 is 0. The van der Waals surface area contributed by atoms with Gasteiger partial charge >= 0.3 is 0 Å². The Kier molecular flexibility index (Phi) is 5.66. The maximum Gasteiger partial charge on any atom is 0.260 e. The van der Waals surface area contributed by atoms with E-state index >= 15 is 0 Å². The van der Waals surface area contributed by atoms with Gasteiger partial charge in [0.25, 0.3) is 5.91 Å². The van der Waals surface area contributed by atoms with Gasteiger partial charge < -0.3 is 14.4 Å². The summed E-state index contributed by atoms with van der Waals surface area (Å²) in [5, 5.41) is 0. The van der Waals surface area contributed by atoms with Crippen LogP contribution >= 0.6 is 0 Å². The highest BCUT2D eigenvalue weighted by atomic mass is 19.1. The van der Waals surface area contributed by atoms with Crippen molar-refractivity contribution < 1.29 is 18.7 Å². The van der Waals surface area contributed by atoms with Gasteiger partial charge in [0.05, 0.1) is 6.10 Å². The summed E-state index contributed by atoms with van der Waals surface area (Å²) < 4.78 is 24.4. The minimum absolute atomic E-state index is 0.0130. The zero-order chi connectivity index (χ0) is 17.6. The van der Waals surface area contributed by atoms with Gasteiger partial charge in [-0.15, -0.1) is 0 Å². The lowest BCUT2D eigenvalue weighted by molar-refractivity contribution is -0.137. The minimum Gasteiger partial charge on any atom is -0.484 e. The Balaban J connectivity index is 1.56. The first-order valence-corrected chi connectivity index (χ1v) is 8.44. The molecule has 2 aromatic carbocycles. The molecule has 4 nitrogen and oxygen atoms in total. The van der Waals surface area contributed by atoms with E-state index in [1.165, 1.54) is 12.1 Å². The number of ether oxygens (including phenoxy) is 2. The number of halogens is 1. The average Bonchev–Trinajstić information content (AvgIpc) is 2.67. The summed E-state index contributed by atoms with van der Waals surface area (Å²) in [4.78, 5) is 14.2. The molecule has 3 rings (SSSR count). The van der Waals surface area contributed by atoms with E-state index in [0.29, 0.717) is 18.8 Å². The Bertz CT molecular complexity index is 690. The van der Waals surface area contributed by atoms with Crippen LogP contribution in [0.15, 0.2) is 54.6 Å². The average molecular weight is 343 g/mol. The van der Waals surface area contributed by atoms with E-state index in [9.17, 15) is 9.18 Å². The number of carbonyl (C=O) groups is 1. The van der Waals surface area contributed by atoms with Gasteiger partial charge in [-0.05, 0) is 42.7 Å². The van der Waals surface area contributed by atoms with Crippen LogP contribution in [0.3, 0.4) is 0 Å². The van der Waals surface area contributed by atoms with Crippen LogP contribution in [0.5, 0.6) is 5.75 Å². The highest BCUT2D eigenvalue weighted by Crippen LogP contribution is 2.30. The van der Waals surface area contributed by atoms with E-state index in [1.54, 1.807) is 24.1 Å². The van der Waals surface area contributed by atoms with Gasteiger partial charge in [0.15, 0.2) is 6.61 Å². The molecule has 0 spiro atoms. The predicted octanol–water partition coefficient (Wildman–Crippen LogP) is 3.58. The predicted molar refractivity (Wildman–Crippen MR) is 92.8 cm³/mol. The van der Waals surface area contributed by atoms with Crippen LogP contribution in [-0.4, -0.2) is 37.1 Å². The third kappa shape index (κ3) is 4.57. The van der Waals surface area contributed by atoms with Crippen LogP contribution < -0.4 is 4.74 Å². The SMILES string of the molecule is CN(C(=O)COc1ccccc1)[C@@H]1CCO[C@@H](c2ccc(F)cc2)C1. The van der Waals surface area contributed by atoms with Crippen LogP contribution in [-0.2, 0) is 9.53 Å². The third-order valence-corrected chi connectivity index (χ3v) is 4.54. The van der Waals surface area contributed by atoms with E-state index in [4.69, 9.17) is 9.47 Å². The fourth-order valence-electron chi connectivity index (χ4n) is 3.01. The highest BCUT2D eigenvalue weighted by Gasteiger charge is 2.29. The molecule has 0 saturated carbocycles. The molecule has 2 atom stereocenters. The lowest BCUT2D eigenvalue weighted by Gasteiger charge is -2.35. The lowest BCUT2D eigenvalue weighted by Crippen LogP contribution is -2.43. The number of benzene rings is 2. The topological polar surface area (TPSA) is 38.8 Å². The number of rotatable bonds is 5. The Morgan fingerprint density at radius 3 is 2.64 bits per heavy atom. The maximum atomic E-state index is 13.1.